The average molecular weight is 439 g/mol. The summed E-state index contributed by atoms with van der Waals surface area (Å²) in [5.41, 5.74) is 6.16. The maximum atomic E-state index is 13.3. The molecule has 170 valence electrons. The van der Waals surface area contributed by atoms with Crippen molar-refractivity contribution in [3.63, 3.8) is 0 Å². The highest BCUT2D eigenvalue weighted by Gasteiger charge is 2.56. The second-order valence-electron chi connectivity index (χ2n) is 9.53. The van der Waals surface area contributed by atoms with Crippen molar-refractivity contribution in [2.75, 3.05) is 0 Å². The summed E-state index contributed by atoms with van der Waals surface area (Å²) in [5, 5.41) is 8.08. The fourth-order valence-corrected chi connectivity index (χ4v) is 5.67. The van der Waals surface area contributed by atoms with E-state index in [4.69, 9.17) is 5.73 Å². The second kappa shape index (κ2) is 8.18. The largest absolute Gasteiger partial charge is 0.364 e. The van der Waals surface area contributed by atoms with Gasteiger partial charge in [-0.2, -0.15) is 5.10 Å². The Morgan fingerprint density at radius 2 is 2.06 bits per heavy atom. The number of rotatable bonds is 6. The topological polar surface area (TPSA) is 123 Å². The second-order valence-corrected chi connectivity index (χ2v) is 9.53. The van der Waals surface area contributed by atoms with Crippen molar-refractivity contribution in [1.29, 1.82) is 0 Å². The number of carbonyl (C=O) groups is 3. The van der Waals surface area contributed by atoms with E-state index >= 15 is 0 Å². The number of piperidine rings is 1. The number of carbonyl (C=O) groups excluding carboxylic acids is 3. The molecule has 2 aromatic rings. The third kappa shape index (κ3) is 3.73. The summed E-state index contributed by atoms with van der Waals surface area (Å²) in [6.45, 7) is 2.15. The molecular formula is C23H30N6O3. The molecule has 3 amide bonds. The Hall–Kier alpha value is -2.97. The monoisotopic (exact) mass is 438 g/mol. The molecule has 0 spiro atoms. The normalized spacial score (nSPS) is 29.0. The standard InChI is InChI=1S/C23H30N6O3/c1-2-13-4-3-5-15(8-13)26-23(32)18-10-14-9-17(14)29(18)20(30)12-28-19-11-25-7-6-16(19)21(27-28)22(24)31/h6-7,11,13-15,17-18H,2-5,8-10,12H2,1H3,(H2,24,31)(H,26,32)/t13-,14-,15+,17-,18+/m1/s1. The van der Waals surface area contributed by atoms with Crippen molar-refractivity contribution < 1.29 is 14.4 Å². The van der Waals surface area contributed by atoms with Crippen molar-refractivity contribution in [2.24, 2.45) is 17.6 Å². The summed E-state index contributed by atoms with van der Waals surface area (Å²) in [6, 6.07) is 1.57. The molecule has 9 heteroatoms. The lowest BCUT2D eigenvalue weighted by molar-refractivity contribution is -0.140. The minimum absolute atomic E-state index is 0.0304. The first kappa shape index (κ1) is 20.9. The number of hydrogen-bond acceptors (Lipinski definition) is 5. The Bertz CT molecular complexity index is 1070. The third-order valence-electron chi connectivity index (χ3n) is 7.47. The van der Waals surface area contributed by atoms with E-state index < -0.39 is 11.9 Å². The van der Waals surface area contributed by atoms with Gasteiger partial charge < -0.3 is 16.0 Å². The smallest absolute Gasteiger partial charge is 0.269 e. The molecule has 5 rings (SSSR count). The molecule has 0 unspecified atom stereocenters. The minimum atomic E-state index is -0.647. The fraction of sp³-hybridized carbons (Fsp3) is 0.609. The molecule has 2 aliphatic carbocycles. The molecule has 0 radical (unpaired) electrons. The molecule has 2 saturated carbocycles. The Labute approximate surface area is 186 Å². The number of primary amides is 1. The zero-order valence-corrected chi connectivity index (χ0v) is 18.4. The molecule has 3 aliphatic rings. The van der Waals surface area contributed by atoms with Crippen LogP contribution in [0.25, 0.3) is 10.9 Å². The van der Waals surface area contributed by atoms with Gasteiger partial charge in [0.05, 0.1) is 11.7 Å². The van der Waals surface area contributed by atoms with E-state index in [0.29, 0.717) is 22.7 Å². The van der Waals surface area contributed by atoms with Crippen LogP contribution in [0, 0.1) is 11.8 Å². The van der Waals surface area contributed by atoms with Crippen LogP contribution in [0.1, 0.15) is 62.4 Å². The molecule has 32 heavy (non-hydrogen) atoms. The van der Waals surface area contributed by atoms with Gasteiger partial charge in [0.25, 0.3) is 5.91 Å². The summed E-state index contributed by atoms with van der Waals surface area (Å²) >= 11 is 0. The number of nitrogens with two attached hydrogens (primary N) is 1. The number of hydrogen-bond donors (Lipinski definition) is 2. The van der Waals surface area contributed by atoms with Crippen molar-refractivity contribution in [3.05, 3.63) is 24.2 Å². The van der Waals surface area contributed by atoms with Crippen LogP contribution in [-0.4, -0.2) is 55.5 Å². The van der Waals surface area contributed by atoms with Crippen LogP contribution in [0.3, 0.4) is 0 Å². The number of nitrogens with zero attached hydrogens (tertiary/aromatic N) is 4. The van der Waals surface area contributed by atoms with Gasteiger partial charge in [0.2, 0.25) is 11.8 Å². The van der Waals surface area contributed by atoms with E-state index in [1.165, 1.54) is 11.1 Å². The summed E-state index contributed by atoms with van der Waals surface area (Å²) < 4.78 is 1.47. The summed E-state index contributed by atoms with van der Waals surface area (Å²) in [5.74, 6) is 0.240. The zero-order valence-electron chi connectivity index (χ0n) is 18.4. The van der Waals surface area contributed by atoms with E-state index in [1.807, 2.05) is 0 Å². The number of likely N-dealkylation sites (tertiary alicyclic amines) is 1. The molecule has 3 N–H and O–H groups in total. The number of amides is 3. The highest BCUT2D eigenvalue weighted by atomic mass is 16.2. The van der Waals surface area contributed by atoms with Crippen LogP contribution in [-0.2, 0) is 16.1 Å². The Morgan fingerprint density at radius 1 is 1.22 bits per heavy atom. The van der Waals surface area contributed by atoms with Gasteiger partial charge in [-0.1, -0.05) is 26.2 Å². The van der Waals surface area contributed by atoms with Crippen molar-refractivity contribution in [1.82, 2.24) is 25.0 Å². The van der Waals surface area contributed by atoms with Gasteiger partial charge in [-0.15, -0.1) is 0 Å². The average Bonchev–Trinajstić information content (AvgIpc) is 3.29. The first-order valence-electron chi connectivity index (χ1n) is 11.7. The van der Waals surface area contributed by atoms with Crippen molar-refractivity contribution >= 4 is 28.6 Å². The Balaban J connectivity index is 1.32. The lowest BCUT2D eigenvalue weighted by atomic mass is 9.84. The van der Waals surface area contributed by atoms with Crippen LogP contribution in [0.2, 0.25) is 0 Å². The van der Waals surface area contributed by atoms with Gasteiger partial charge in [-0.3, -0.25) is 24.0 Å². The molecule has 2 aromatic heterocycles. The van der Waals surface area contributed by atoms with Gasteiger partial charge in [-0.25, -0.2) is 0 Å². The molecule has 0 aromatic carbocycles. The first-order valence-corrected chi connectivity index (χ1v) is 11.7. The van der Waals surface area contributed by atoms with Crippen molar-refractivity contribution in [3.8, 4) is 0 Å². The maximum absolute atomic E-state index is 13.3. The highest BCUT2D eigenvalue weighted by molar-refractivity contribution is 6.04. The van der Waals surface area contributed by atoms with E-state index in [1.54, 1.807) is 23.4 Å². The van der Waals surface area contributed by atoms with Gasteiger partial charge >= 0.3 is 0 Å². The number of nitrogens with one attached hydrogen (secondary N) is 1. The Morgan fingerprint density at radius 3 is 2.84 bits per heavy atom. The molecule has 1 saturated heterocycles. The Kier molecular flexibility index (Phi) is 5.35. The SMILES string of the molecule is CC[C@@H]1CCC[C@H](NC(=O)[C@@H]2C[C@H]3C[C@H]3N2C(=O)Cn2nc(C(N)=O)c3ccncc32)C1. The highest BCUT2D eigenvalue weighted by Crippen LogP contribution is 2.48. The van der Waals surface area contributed by atoms with E-state index in [-0.39, 0.29) is 36.1 Å². The minimum Gasteiger partial charge on any atom is -0.364 e. The van der Waals surface area contributed by atoms with Crippen molar-refractivity contribution in [2.45, 2.75) is 76.5 Å². The molecule has 3 heterocycles. The quantitative estimate of drug-likeness (QED) is 0.709. The summed E-state index contributed by atoms with van der Waals surface area (Å²) in [7, 11) is 0. The van der Waals surface area contributed by atoms with Gasteiger partial charge in [0.1, 0.15) is 12.6 Å². The van der Waals surface area contributed by atoms with Crippen LogP contribution in [0.15, 0.2) is 18.5 Å². The van der Waals surface area contributed by atoms with Crippen LogP contribution < -0.4 is 11.1 Å². The van der Waals surface area contributed by atoms with Gasteiger partial charge in [0.15, 0.2) is 5.69 Å². The predicted octanol–water partition coefficient (Wildman–Crippen LogP) is 1.60. The lowest BCUT2D eigenvalue weighted by Gasteiger charge is -2.32. The van der Waals surface area contributed by atoms with Gasteiger partial charge in [0, 0.05) is 23.7 Å². The zero-order chi connectivity index (χ0) is 22.4. The fourth-order valence-electron chi connectivity index (χ4n) is 5.67. The first-order chi connectivity index (χ1) is 15.5. The van der Waals surface area contributed by atoms with Crippen LogP contribution in [0.4, 0.5) is 0 Å². The molecule has 1 aliphatic heterocycles. The van der Waals surface area contributed by atoms with E-state index in [0.717, 1.165) is 38.5 Å². The summed E-state index contributed by atoms with van der Waals surface area (Å²) in [6.07, 6.45) is 10.4. The number of pyridine rings is 1. The van der Waals surface area contributed by atoms with Crippen LogP contribution in [0.5, 0.6) is 0 Å². The molecule has 9 nitrogen and oxygen atoms in total. The number of aromatic nitrogens is 3. The predicted molar refractivity (Wildman–Crippen MR) is 117 cm³/mol. The maximum Gasteiger partial charge on any atom is 0.269 e. The van der Waals surface area contributed by atoms with E-state index in [2.05, 4.69) is 22.3 Å². The van der Waals surface area contributed by atoms with Gasteiger partial charge in [-0.05, 0) is 43.6 Å². The molecule has 0 bridgehead atoms. The van der Waals surface area contributed by atoms with Crippen LogP contribution >= 0.6 is 0 Å². The third-order valence-corrected chi connectivity index (χ3v) is 7.47. The molecular weight excluding hydrogens is 408 g/mol. The lowest BCUT2D eigenvalue weighted by Crippen LogP contribution is -2.51. The molecule has 5 atom stereocenters. The molecule has 3 fully saturated rings. The summed E-state index contributed by atoms with van der Waals surface area (Å²) in [4.78, 5) is 44.1. The van der Waals surface area contributed by atoms with E-state index in [9.17, 15) is 14.4 Å². The number of fused-ring (bicyclic) bond motifs is 2.